The maximum absolute atomic E-state index is 12.3. The third-order valence-electron chi connectivity index (χ3n) is 7.97. The first-order chi connectivity index (χ1) is 37.9. The number of ether oxygens (including phenoxy) is 2. The Kier molecular flexibility index (Phi) is 99.8. The molecule has 0 saturated carbocycles. The van der Waals surface area contributed by atoms with E-state index in [4.69, 9.17) is 68.4 Å². The molecule has 0 heterocycles. The number of rotatable bonds is 29. The maximum atomic E-state index is 12.3. The fraction of sp³-hybridized carbons (Fsp3) is 0.623. The smallest absolute Gasteiger partial charge is 0.408 e. The number of carbonyl (C=O) groups excluding carboxylic acids is 6. The van der Waals surface area contributed by atoms with Gasteiger partial charge >= 0.3 is 12.2 Å². The molecule has 2 aromatic rings. The lowest BCUT2D eigenvalue weighted by Crippen LogP contribution is -2.48. The van der Waals surface area contributed by atoms with Crippen LogP contribution in [0.4, 0.5) is 35.9 Å². The lowest BCUT2D eigenvalue weighted by molar-refractivity contribution is -0.490. The second-order valence-corrected chi connectivity index (χ2v) is 14.9. The highest BCUT2D eigenvalue weighted by Gasteiger charge is 2.23. The van der Waals surface area contributed by atoms with Crippen LogP contribution in [0.25, 0.3) is 0 Å². The SMILES string of the molecule is C.C.C.C.C.C.C.C.C[N+](=O)[O-].NC(N)=NCCC[C@H](NC(=O)OCc1ccccc1)C(=O)NCC(=O)CF.NC(N)=NCCC[C@H](NC(=O)OCc1ccccc1)C(=O)NCC(O)CF.NCC(O)CF.O=CCF.O=[N+]([O-])CC(O)CF.OCCF.[HH]. The van der Waals surface area contributed by atoms with E-state index < -0.39 is 123 Å². The molecule has 0 aliphatic carbocycles. The summed E-state index contributed by atoms with van der Waals surface area (Å²) >= 11 is 0. The number of carbonyl (C=O) groups is 6. The predicted octanol–water partition coefficient (Wildman–Crippen LogP) is 3.97. The molecule has 0 fully saturated rings. The third-order valence-corrected chi connectivity index (χ3v) is 7.97. The first-order valence-corrected chi connectivity index (χ1v) is 23.3. The molecule has 18 N–H and O–H groups in total. The largest absolute Gasteiger partial charge is 0.445 e. The molecule has 4 amide bonds. The minimum absolute atomic E-state index is 0. The molecule has 0 aliphatic rings. The van der Waals surface area contributed by atoms with Gasteiger partial charge in [-0.25, -0.2) is 35.9 Å². The molecule has 0 bridgehead atoms. The van der Waals surface area contributed by atoms with Gasteiger partial charge in [0.05, 0.1) is 25.4 Å². The molecular formula is C53H109F6N13O16. The fourth-order valence-corrected chi connectivity index (χ4v) is 4.40. The van der Waals surface area contributed by atoms with Crippen molar-refractivity contribution in [3.05, 3.63) is 92.0 Å². The van der Waals surface area contributed by atoms with Crippen molar-refractivity contribution in [3.8, 4) is 0 Å². The van der Waals surface area contributed by atoms with E-state index in [0.717, 1.165) is 18.2 Å². The molecule has 0 radical (unpaired) electrons. The van der Waals surface area contributed by atoms with Gasteiger partial charge in [-0.1, -0.05) is 120 Å². The van der Waals surface area contributed by atoms with Crippen LogP contribution in [0.2, 0.25) is 0 Å². The van der Waals surface area contributed by atoms with Gasteiger partial charge in [-0.2, -0.15) is 0 Å². The van der Waals surface area contributed by atoms with E-state index in [1.54, 1.807) is 36.4 Å². The highest BCUT2D eigenvalue weighted by atomic mass is 19.1. The Morgan fingerprint density at radius 1 is 0.648 bits per heavy atom. The second-order valence-electron chi connectivity index (χ2n) is 14.9. The van der Waals surface area contributed by atoms with Crippen molar-refractivity contribution in [2.24, 2.45) is 38.7 Å². The summed E-state index contributed by atoms with van der Waals surface area (Å²) in [5, 5.41) is 60.9. The van der Waals surface area contributed by atoms with Crippen LogP contribution in [-0.4, -0.2) is 202 Å². The van der Waals surface area contributed by atoms with Crippen molar-refractivity contribution in [2.75, 3.05) is 93.0 Å². The number of halogens is 6. The molecule has 29 nitrogen and oxygen atoms in total. The zero-order valence-corrected chi connectivity index (χ0v) is 43.8. The Morgan fingerprint density at radius 3 is 1.24 bits per heavy atom. The molecule has 2 rings (SSSR count). The summed E-state index contributed by atoms with van der Waals surface area (Å²) < 4.78 is 77.8. The van der Waals surface area contributed by atoms with Crippen molar-refractivity contribution in [3.63, 3.8) is 0 Å². The number of aliphatic hydroxyl groups is 4. The third kappa shape index (κ3) is 84.4. The number of amides is 4. The van der Waals surface area contributed by atoms with E-state index in [2.05, 4.69) is 31.3 Å². The molecule has 5 atom stereocenters. The number of aldehydes is 1. The monoisotopic (exact) mass is 1300 g/mol. The van der Waals surface area contributed by atoms with Crippen molar-refractivity contribution in [1.82, 2.24) is 21.3 Å². The Hall–Kier alpha value is -8.02. The van der Waals surface area contributed by atoms with Crippen LogP contribution in [0, 0.1) is 20.2 Å². The van der Waals surface area contributed by atoms with E-state index in [-0.39, 0.29) is 138 Å². The van der Waals surface area contributed by atoms with Gasteiger partial charge in [0.1, 0.15) is 71.4 Å². The van der Waals surface area contributed by atoms with Crippen molar-refractivity contribution in [1.29, 1.82) is 0 Å². The minimum Gasteiger partial charge on any atom is -0.445 e. The van der Waals surface area contributed by atoms with Crippen molar-refractivity contribution in [2.45, 2.75) is 129 Å². The van der Waals surface area contributed by atoms with E-state index >= 15 is 0 Å². The standard InChI is InChI=1S/C17H26FN5O4.C17H24FN5O4.C3H6FNO3.C3H8FNO.C2H5FO.C2H3FO.CH3NO2.8CH4.H2/c2*18-9-13(24)10-22-15(25)14(7-4-8-21-16(19)20)23-17(26)27-11-12-5-2-1-3-6-12;4-1-3(6)2-5(7)8;4-1-3(6)2-5;2*3-1-2-4;1-2(3)4;;;;;;;;;/h1-3,5-6,13-14,24H,4,7-11H2,(H,22,25)(H,23,26)(H4,19,20,21);1-3,5-6,14H,4,7-11H2,(H,22,25)(H,23,26)(H4,19,20,21);3,6H,1-2H2;3,6H,1-2,5H2;4H,1-2H2;2H,1H2;1H3;8*1H4;1H/t13?,14-;14-;;;;;;;;;;;;;;/m00............../s1. The molecule has 2 aromatic carbocycles. The van der Waals surface area contributed by atoms with E-state index in [1.165, 1.54) is 0 Å². The molecule has 0 spiro atoms. The van der Waals surface area contributed by atoms with Crippen LogP contribution in [0.15, 0.2) is 70.6 Å². The van der Waals surface area contributed by atoms with Crippen LogP contribution >= 0.6 is 0 Å². The normalized spacial score (nSPS) is 10.4. The summed E-state index contributed by atoms with van der Waals surface area (Å²) in [6, 6.07) is 16.2. The molecule has 0 saturated heterocycles. The van der Waals surface area contributed by atoms with E-state index in [9.17, 15) is 65.5 Å². The lowest BCUT2D eigenvalue weighted by Gasteiger charge is -2.19. The molecule has 524 valence electrons. The summed E-state index contributed by atoms with van der Waals surface area (Å²) in [6.45, 7) is -6.59. The number of hydrogen-bond donors (Lipinski definition) is 13. The summed E-state index contributed by atoms with van der Waals surface area (Å²) in [7, 11) is 0.889. The fourth-order valence-electron chi connectivity index (χ4n) is 4.40. The molecule has 3 unspecified atom stereocenters. The molecule has 35 heteroatoms. The Bertz CT molecular complexity index is 2000. The number of ketones is 1. The van der Waals surface area contributed by atoms with Gasteiger partial charge in [0.25, 0.3) is 0 Å². The quantitative estimate of drug-likeness (QED) is 0.0104. The number of benzene rings is 2. The summed E-state index contributed by atoms with van der Waals surface area (Å²) in [5.74, 6) is -2.12. The number of alkyl carbamates (subject to hydrolysis) is 2. The highest BCUT2D eigenvalue weighted by Crippen LogP contribution is 2.05. The number of nitrogens with zero attached hydrogens (tertiary/aromatic N) is 4. The number of aliphatic hydroxyl groups excluding tert-OH is 4. The summed E-state index contributed by atoms with van der Waals surface area (Å²) in [5.41, 5.74) is 27.3. The number of alkyl halides is 6. The van der Waals surface area contributed by atoms with E-state index in [1.807, 2.05) is 24.3 Å². The van der Waals surface area contributed by atoms with Gasteiger partial charge in [0, 0.05) is 37.5 Å². The highest BCUT2D eigenvalue weighted by molar-refractivity contribution is 5.90. The second kappa shape index (κ2) is 79.0. The van der Waals surface area contributed by atoms with Crippen LogP contribution in [0.3, 0.4) is 0 Å². The molecule has 0 aromatic heterocycles. The molecular weight excluding hydrogens is 1190 g/mol. The predicted molar refractivity (Wildman–Crippen MR) is 335 cm³/mol. The first kappa shape index (κ1) is 111. The number of nitrogens with one attached hydrogen (secondary N) is 4. The van der Waals surface area contributed by atoms with Crippen LogP contribution in [0.1, 0.15) is 97.7 Å². The van der Waals surface area contributed by atoms with Crippen LogP contribution < -0.4 is 49.9 Å². The van der Waals surface area contributed by atoms with Gasteiger partial charge < -0.3 is 84.6 Å². The van der Waals surface area contributed by atoms with Gasteiger partial charge in [-0.05, 0) is 36.8 Å². The van der Waals surface area contributed by atoms with Gasteiger partial charge in [-0.15, -0.1) is 0 Å². The van der Waals surface area contributed by atoms with Gasteiger partial charge in [0.15, 0.2) is 31.0 Å². The lowest BCUT2D eigenvalue weighted by atomic mass is 10.1. The van der Waals surface area contributed by atoms with Gasteiger partial charge in [0.2, 0.25) is 18.4 Å². The molecule has 0 aliphatic heterocycles. The van der Waals surface area contributed by atoms with E-state index in [0.29, 0.717) is 12.8 Å². The number of hydrogen-bond acceptors (Lipinski definition) is 19. The zero-order chi connectivity index (χ0) is 62.1. The number of nitro groups is 2. The van der Waals surface area contributed by atoms with Crippen LogP contribution in [-0.2, 0) is 41.9 Å². The number of Topliss-reactive ketones (excluding diaryl/α,β-unsaturated/α-hetero) is 1. The maximum Gasteiger partial charge on any atom is 0.408 e. The topological polar surface area (TPSA) is 491 Å². The number of guanidine groups is 2. The van der Waals surface area contributed by atoms with Crippen molar-refractivity contribution < 1.29 is 96.3 Å². The minimum atomic E-state index is -1.44. The number of nitrogens with two attached hydrogens (primary N) is 5. The zero-order valence-electron chi connectivity index (χ0n) is 43.8. The van der Waals surface area contributed by atoms with Gasteiger partial charge in [-0.3, -0.25) is 44.6 Å². The summed E-state index contributed by atoms with van der Waals surface area (Å²) in [4.78, 5) is 92.7. The molecule has 88 heavy (non-hydrogen) atoms. The average molecular weight is 1300 g/mol. The number of aliphatic imine (C=N–C) groups is 2. The Balaban J connectivity index is -0.0000000702. The first-order valence-electron chi connectivity index (χ1n) is 23.3. The van der Waals surface area contributed by atoms with Crippen molar-refractivity contribution >= 4 is 48.0 Å². The Labute approximate surface area is 516 Å². The van der Waals surface area contributed by atoms with Crippen LogP contribution in [0.5, 0.6) is 0 Å². The average Bonchev–Trinajstić information content (AvgIpc) is 3.44. The Morgan fingerprint density at radius 2 is 0.989 bits per heavy atom. The summed E-state index contributed by atoms with van der Waals surface area (Å²) in [6.07, 6.45) is -3.81.